The molecule has 2 rings (SSSR count). The summed E-state index contributed by atoms with van der Waals surface area (Å²) in [7, 11) is 0. The third-order valence-electron chi connectivity index (χ3n) is 2.31. The minimum Gasteiger partial charge on any atom is -0.487 e. The first-order valence-corrected chi connectivity index (χ1v) is 5.22. The molecule has 0 atom stereocenters. The number of rotatable bonds is 4. The van der Waals surface area contributed by atoms with Crippen LogP contribution < -0.4 is 4.74 Å². The first-order valence-electron chi connectivity index (χ1n) is 5.22. The van der Waals surface area contributed by atoms with Gasteiger partial charge < -0.3 is 9.84 Å². The SMILES string of the molecule is O=C(O)c1ccc(OCc2ccccc2F)cn1. The summed E-state index contributed by atoms with van der Waals surface area (Å²) in [4.78, 5) is 14.3. The molecule has 0 aliphatic heterocycles. The van der Waals surface area contributed by atoms with Crippen LogP contribution in [0.3, 0.4) is 0 Å². The van der Waals surface area contributed by atoms with Crippen LogP contribution in [0.15, 0.2) is 42.6 Å². The Morgan fingerprint density at radius 3 is 2.67 bits per heavy atom. The second-order valence-electron chi connectivity index (χ2n) is 3.56. The zero-order valence-electron chi connectivity index (χ0n) is 9.34. The summed E-state index contributed by atoms with van der Waals surface area (Å²) in [5.74, 6) is -1.05. The number of halogens is 1. The lowest BCUT2D eigenvalue weighted by molar-refractivity contribution is 0.0690. The summed E-state index contributed by atoms with van der Waals surface area (Å²) in [5, 5.41) is 8.67. The molecule has 0 radical (unpaired) electrons. The van der Waals surface area contributed by atoms with Gasteiger partial charge in [-0.25, -0.2) is 14.2 Å². The van der Waals surface area contributed by atoms with E-state index >= 15 is 0 Å². The highest BCUT2D eigenvalue weighted by atomic mass is 19.1. The molecule has 2 aromatic rings. The fraction of sp³-hybridized carbons (Fsp3) is 0.0769. The summed E-state index contributed by atoms with van der Waals surface area (Å²) in [6.07, 6.45) is 1.30. The van der Waals surface area contributed by atoms with Gasteiger partial charge in [-0.05, 0) is 18.2 Å². The molecule has 0 bridgehead atoms. The van der Waals surface area contributed by atoms with Gasteiger partial charge in [0.05, 0.1) is 6.20 Å². The number of carboxylic acids is 1. The van der Waals surface area contributed by atoms with E-state index in [9.17, 15) is 9.18 Å². The molecule has 0 amide bonds. The van der Waals surface area contributed by atoms with Gasteiger partial charge in [-0.2, -0.15) is 0 Å². The summed E-state index contributed by atoms with van der Waals surface area (Å²) in [6.45, 7) is 0.0702. The van der Waals surface area contributed by atoms with Crippen LogP contribution in [0, 0.1) is 5.82 Å². The largest absolute Gasteiger partial charge is 0.487 e. The Balaban J connectivity index is 2.02. The summed E-state index contributed by atoms with van der Waals surface area (Å²) < 4.78 is 18.6. The molecule has 1 aromatic carbocycles. The minimum atomic E-state index is -1.10. The number of hydrogen-bond acceptors (Lipinski definition) is 3. The average Bonchev–Trinajstić information content (AvgIpc) is 2.38. The van der Waals surface area contributed by atoms with Gasteiger partial charge >= 0.3 is 5.97 Å². The Morgan fingerprint density at radius 2 is 2.06 bits per heavy atom. The van der Waals surface area contributed by atoms with Gasteiger partial charge in [0.1, 0.15) is 23.9 Å². The van der Waals surface area contributed by atoms with E-state index in [4.69, 9.17) is 9.84 Å². The Hall–Kier alpha value is -2.43. The van der Waals surface area contributed by atoms with E-state index in [1.54, 1.807) is 18.2 Å². The predicted octanol–water partition coefficient (Wildman–Crippen LogP) is 2.50. The van der Waals surface area contributed by atoms with Crippen molar-refractivity contribution in [2.24, 2.45) is 0 Å². The van der Waals surface area contributed by atoms with Crippen molar-refractivity contribution < 1.29 is 19.0 Å². The van der Waals surface area contributed by atoms with Crippen molar-refractivity contribution in [1.82, 2.24) is 4.98 Å². The quantitative estimate of drug-likeness (QED) is 0.901. The lowest BCUT2D eigenvalue weighted by Gasteiger charge is -2.06. The molecule has 0 aliphatic carbocycles. The number of aromatic carboxylic acids is 1. The summed E-state index contributed by atoms with van der Waals surface area (Å²) in [5.41, 5.74) is 0.369. The van der Waals surface area contributed by atoms with Gasteiger partial charge in [0.25, 0.3) is 0 Å². The first kappa shape index (κ1) is 12.0. The van der Waals surface area contributed by atoms with E-state index in [0.29, 0.717) is 11.3 Å². The Kier molecular flexibility index (Phi) is 3.52. The topological polar surface area (TPSA) is 59.4 Å². The number of aromatic nitrogens is 1. The predicted molar refractivity (Wildman–Crippen MR) is 61.9 cm³/mol. The first-order chi connectivity index (χ1) is 8.66. The highest BCUT2D eigenvalue weighted by Gasteiger charge is 2.05. The highest BCUT2D eigenvalue weighted by Crippen LogP contribution is 2.13. The maximum absolute atomic E-state index is 13.3. The van der Waals surface area contributed by atoms with E-state index in [2.05, 4.69) is 4.98 Å². The molecular formula is C13H10FNO3. The monoisotopic (exact) mass is 247 g/mol. The molecule has 4 nitrogen and oxygen atoms in total. The molecule has 0 saturated heterocycles. The third kappa shape index (κ3) is 2.82. The molecule has 18 heavy (non-hydrogen) atoms. The number of pyridine rings is 1. The molecule has 0 fully saturated rings. The second-order valence-corrected chi connectivity index (χ2v) is 3.56. The Labute approximate surface area is 103 Å². The fourth-order valence-corrected chi connectivity index (χ4v) is 1.37. The van der Waals surface area contributed by atoms with E-state index in [0.717, 1.165) is 0 Å². The van der Waals surface area contributed by atoms with E-state index in [1.807, 2.05) is 0 Å². The molecular weight excluding hydrogens is 237 g/mol. The maximum atomic E-state index is 13.3. The van der Waals surface area contributed by atoms with Gasteiger partial charge in [0, 0.05) is 5.56 Å². The van der Waals surface area contributed by atoms with Crippen molar-refractivity contribution in [3.8, 4) is 5.75 Å². The molecule has 0 spiro atoms. The molecule has 1 N–H and O–H groups in total. The molecule has 92 valence electrons. The number of benzene rings is 1. The van der Waals surface area contributed by atoms with Gasteiger partial charge in [-0.1, -0.05) is 18.2 Å². The Bertz CT molecular complexity index is 554. The van der Waals surface area contributed by atoms with Crippen LogP contribution in [-0.4, -0.2) is 16.1 Å². The van der Waals surface area contributed by atoms with Crippen molar-refractivity contribution in [1.29, 1.82) is 0 Å². The molecule has 1 heterocycles. The van der Waals surface area contributed by atoms with E-state index < -0.39 is 5.97 Å². The van der Waals surface area contributed by atoms with Crippen LogP contribution >= 0.6 is 0 Å². The van der Waals surface area contributed by atoms with Crippen LogP contribution in [0.4, 0.5) is 4.39 Å². The fourth-order valence-electron chi connectivity index (χ4n) is 1.37. The average molecular weight is 247 g/mol. The molecule has 1 aromatic heterocycles. The van der Waals surface area contributed by atoms with Gasteiger partial charge in [-0.15, -0.1) is 0 Å². The van der Waals surface area contributed by atoms with Crippen LogP contribution in [0.5, 0.6) is 5.75 Å². The zero-order valence-corrected chi connectivity index (χ0v) is 9.34. The van der Waals surface area contributed by atoms with E-state index in [-0.39, 0.29) is 18.1 Å². The Morgan fingerprint density at radius 1 is 1.28 bits per heavy atom. The summed E-state index contributed by atoms with van der Waals surface area (Å²) >= 11 is 0. The van der Waals surface area contributed by atoms with Crippen molar-refractivity contribution >= 4 is 5.97 Å². The van der Waals surface area contributed by atoms with Crippen LogP contribution in [0.2, 0.25) is 0 Å². The van der Waals surface area contributed by atoms with Crippen molar-refractivity contribution in [3.05, 3.63) is 59.7 Å². The van der Waals surface area contributed by atoms with Crippen molar-refractivity contribution in [2.75, 3.05) is 0 Å². The standard InChI is InChI=1S/C13H10FNO3/c14-11-4-2-1-3-9(11)8-18-10-5-6-12(13(16)17)15-7-10/h1-7H,8H2,(H,16,17). The smallest absolute Gasteiger partial charge is 0.354 e. The molecule has 0 saturated carbocycles. The summed E-state index contributed by atoms with van der Waals surface area (Å²) in [6, 6.07) is 9.10. The number of nitrogens with zero attached hydrogens (tertiary/aromatic N) is 1. The number of ether oxygens (including phenoxy) is 1. The molecule has 5 heteroatoms. The minimum absolute atomic E-state index is 0.0618. The van der Waals surface area contributed by atoms with Crippen LogP contribution in [-0.2, 0) is 6.61 Å². The second kappa shape index (κ2) is 5.27. The van der Waals surface area contributed by atoms with Gasteiger partial charge in [0.2, 0.25) is 0 Å². The van der Waals surface area contributed by atoms with Crippen molar-refractivity contribution in [2.45, 2.75) is 6.61 Å². The maximum Gasteiger partial charge on any atom is 0.354 e. The van der Waals surface area contributed by atoms with Crippen LogP contribution in [0.1, 0.15) is 16.1 Å². The normalized spacial score (nSPS) is 10.1. The molecule has 0 aliphatic rings. The van der Waals surface area contributed by atoms with E-state index in [1.165, 1.54) is 24.4 Å². The van der Waals surface area contributed by atoms with Gasteiger partial charge in [0.15, 0.2) is 0 Å². The van der Waals surface area contributed by atoms with Crippen molar-refractivity contribution in [3.63, 3.8) is 0 Å². The zero-order chi connectivity index (χ0) is 13.0. The number of hydrogen-bond donors (Lipinski definition) is 1. The third-order valence-corrected chi connectivity index (χ3v) is 2.31. The lowest BCUT2D eigenvalue weighted by atomic mass is 10.2. The molecule has 0 unspecified atom stereocenters. The van der Waals surface area contributed by atoms with Gasteiger partial charge in [-0.3, -0.25) is 0 Å². The lowest BCUT2D eigenvalue weighted by Crippen LogP contribution is -2.01. The number of carbonyl (C=O) groups is 1. The number of carboxylic acid groups (broad SMARTS) is 1. The van der Waals surface area contributed by atoms with Crippen LogP contribution in [0.25, 0.3) is 0 Å². The highest BCUT2D eigenvalue weighted by molar-refractivity contribution is 5.85.